The maximum absolute atomic E-state index is 14.5. The first-order valence-corrected chi connectivity index (χ1v) is 26.8. The van der Waals surface area contributed by atoms with Crippen LogP contribution in [0.25, 0.3) is 0 Å². The molecule has 0 spiro atoms. The van der Waals surface area contributed by atoms with Gasteiger partial charge in [0.25, 0.3) is 0 Å². The van der Waals surface area contributed by atoms with E-state index in [1.54, 1.807) is 20.9 Å². The van der Waals surface area contributed by atoms with Crippen LogP contribution < -0.4 is 77.4 Å². The Morgan fingerprint density at radius 3 is 1.45 bits per heavy atom. The normalized spacial score (nSPS) is 18.3. The summed E-state index contributed by atoms with van der Waals surface area (Å²) >= 11 is 0. The molecule has 436 valence electrons. The summed E-state index contributed by atoms with van der Waals surface area (Å²) in [5.74, 6) is -6.71. The van der Waals surface area contributed by atoms with Crippen molar-refractivity contribution in [2.24, 2.45) is 72.9 Å². The Hall–Kier alpha value is -7.00. The van der Waals surface area contributed by atoms with Crippen molar-refractivity contribution in [3.05, 3.63) is 0 Å². The van der Waals surface area contributed by atoms with Crippen molar-refractivity contribution in [1.82, 2.24) is 47.0 Å². The largest absolute Gasteiger partial charge is 0.370 e. The third-order valence-corrected chi connectivity index (χ3v) is 13.5. The average Bonchev–Trinajstić information content (AvgIpc) is 4.06. The smallest absolute Gasteiger partial charge is 0.246 e. The predicted octanol–water partition coefficient (Wildman–Crippen LogP) is -4.12. The minimum atomic E-state index is -1.27. The van der Waals surface area contributed by atoms with E-state index >= 15 is 0 Å². The summed E-state index contributed by atoms with van der Waals surface area (Å²) in [5, 5.41) is 19.3. The molecule has 28 heteroatoms. The van der Waals surface area contributed by atoms with Gasteiger partial charge in [0.1, 0.15) is 48.3 Å². The molecule has 0 aromatic carbocycles. The Labute approximate surface area is 452 Å². The van der Waals surface area contributed by atoms with Crippen LogP contribution in [0, 0.1) is 17.8 Å². The number of hydrogen-bond acceptors (Lipinski definition) is 13. The lowest BCUT2D eigenvalue weighted by molar-refractivity contribution is -0.148. The second-order valence-electron chi connectivity index (χ2n) is 20.6. The Morgan fingerprint density at radius 1 is 0.532 bits per heavy atom. The molecule has 28 nitrogen and oxygen atoms in total. The lowest BCUT2D eigenvalue weighted by Crippen LogP contribution is -2.60. The highest BCUT2D eigenvalue weighted by Crippen LogP contribution is 2.26. The molecule has 2 aliphatic rings. The Kier molecular flexibility index (Phi) is 28.5. The van der Waals surface area contributed by atoms with E-state index in [2.05, 4.69) is 52.2 Å². The number of likely N-dealkylation sites (tertiary alicyclic amines) is 2. The molecule has 0 bridgehead atoms. The second-order valence-corrected chi connectivity index (χ2v) is 20.6. The van der Waals surface area contributed by atoms with Crippen LogP contribution in [0.4, 0.5) is 0 Å². The highest BCUT2D eigenvalue weighted by atomic mass is 16.2. The monoisotopic (exact) mass is 1090 g/mol. The summed E-state index contributed by atoms with van der Waals surface area (Å²) in [7, 11) is 1.64. The quantitative estimate of drug-likeness (QED) is 0.0169. The number of carbonyl (C=O) groups is 9. The van der Waals surface area contributed by atoms with E-state index in [0.29, 0.717) is 44.9 Å². The Morgan fingerprint density at radius 2 is 0.987 bits per heavy atom. The molecule has 0 radical (unpaired) electrons. The molecule has 2 fully saturated rings. The fraction of sp³-hybridized carbons (Fsp3) is 0.755. The molecular weight excluding hydrogens is 999 g/mol. The lowest BCUT2D eigenvalue weighted by Gasteiger charge is -2.33. The van der Waals surface area contributed by atoms with Gasteiger partial charge in [-0.3, -0.25) is 58.1 Å². The number of amides is 9. The molecule has 3 unspecified atom stereocenters. The first-order chi connectivity index (χ1) is 36.2. The third kappa shape index (κ3) is 22.2. The molecule has 0 saturated carbocycles. The van der Waals surface area contributed by atoms with Crippen LogP contribution in [0.3, 0.4) is 0 Å². The molecule has 0 aromatic rings. The zero-order valence-electron chi connectivity index (χ0n) is 46.4. The van der Waals surface area contributed by atoms with Crippen LogP contribution in [0.5, 0.6) is 0 Å². The van der Waals surface area contributed by atoms with Crippen LogP contribution in [0.15, 0.2) is 15.0 Å². The average molecular weight is 1090 g/mol. The van der Waals surface area contributed by atoms with Crippen LogP contribution in [-0.4, -0.2) is 175 Å². The zero-order valence-corrected chi connectivity index (χ0v) is 46.4. The van der Waals surface area contributed by atoms with E-state index in [-0.39, 0.29) is 94.5 Å². The number of hydrogen-bond donors (Lipinski definition) is 14. The number of primary amides is 1. The fourth-order valence-electron chi connectivity index (χ4n) is 9.17. The van der Waals surface area contributed by atoms with Crippen LogP contribution in [0.2, 0.25) is 0 Å². The van der Waals surface area contributed by atoms with Crippen molar-refractivity contribution < 1.29 is 43.2 Å². The second kappa shape index (κ2) is 33.2. The number of nitrogens with two attached hydrogens (primary N) is 7. The van der Waals surface area contributed by atoms with Crippen molar-refractivity contribution in [3.8, 4) is 0 Å². The van der Waals surface area contributed by atoms with Gasteiger partial charge >= 0.3 is 0 Å². The highest BCUT2D eigenvalue weighted by Gasteiger charge is 2.44. The van der Waals surface area contributed by atoms with Crippen molar-refractivity contribution in [2.45, 2.75) is 180 Å². The van der Waals surface area contributed by atoms with Crippen molar-refractivity contribution in [2.75, 3.05) is 39.8 Å². The molecule has 2 saturated heterocycles. The first-order valence-electron chi connectivity index (χ1n) is 26.8. The molecule has 21 N–H and O–H groups in total. The Bertz CT molecular complexity index is 2090. The number of aliphatic imine (C=N–C) groups is 3. The molecule has 9 amide bonds. The van der Waals surface area contributed by atoms with Gasteiger partial charge in [-0.2, -0.15) is 0 Å². The fourth-order valence-corrected chi connectivity index (χ4v) is 9.17. The number of nitrogens with zero attached hydrogens (tertiary/aromatic N) is 5. The first kappa shape index (κ1) is 66.1. The molecule has 0 aliphatic carbocycles. The summed E-state index contributed by atoms with van der Waals surface area (Å²) in [6, 6.07) is -9.51. The maximum atomic E-state index is 14.5. The van der Waals surface area contributed by atoms with E-state index in [0.717, 1.165) is 0 Å². The summed E-state index contributed by atoms with van der Waals surface area (Å²) in [6.45, 7) is 13.1. The third-order valence-electron chi connectivity index (χ3n) is 13.5. The van der Waals surface area contributed by atoms with Gasteiger partial charge < -0.3 is 87.2 Å². The Balaban J connectivity index is 2.35. The summed E-state index contributed by atoms with van der Waals surface area (Å²) in [4.78, 5) is 139. The number of guanidine groups is 3. The highest BCUT2D eigenvalue weighted by molar-refractivity contribution is 5.98. The number of rotatable bonds is 33. The lowest BCUT2D eigenvalue weighted by atomic mass is 9.97. The van der Waals surface area contributed by atoms with Gasteiger partial charge in [-0.25, -0.2) is 0 Å². The molecule has 2 rings (SSSR count). The van der Waals surface area contributed by atoms with Gasteiger partial charge in [0.2, 0.25) is 53.2 Å². The van der Waals surface area contributed by atoms with E-state index < -0.39 is 113 Å². The summed E-state index contributed by atoms with van der Waals surface area (Å²) < 4.78 is 0. The van der Waals surface area contributed by atoms with Crippen molar-refractivity contribution in [1.29, 1.82) is 0 Å². The van der Waals surface area contributed by atoms with Crippen molar-refractivity contribution in [3.63, 3.8) is 0 Å². The molecule has 2 heterocycles. The van der Waals surface area contributed by atoms with Gasteiger partial charge in [0, 0.05) is 32.7 Å². The SMILES string of the molecule is CCC(C)[C@H](NC)C(=O)N[C@@H](CCCN=C(N)N)C(=O)N[C@@H](CCCN=C(N)N)C(=O)N[C@H](C(=O)N[C@@H](C)C(=O)N[C@@H](CCCN=C(N)N)C(=O)N1CCCC1C(=O)N1CCCC1C(=O)N[C@@H](CC(C)C)C(N)=O)C(C)C. The minimum absolute atomic E-state index is 0.00606. The van der Waals surface area contributed by atoms with Gasteiger partial charge in [0.15, 0.2) is 17.9 Å². The van der Waals surface area contributed by atoms with Crippen LogP contribution in [-0.2, 0) is 43.2 Å². The summed E-state index contributed by atoms with van der Waals surface area (Å²) in [6.07, 6.45) is 3.49. The van der Waals surface area contributed by atoms with Gasteiger partial charge in [-0.05, 0) is 102 Å². The van der Waals surface area contributed by atoms with Crippen LogP contribution >= 0.6 is 0 Å². The predicted molar refractivity (Wildman–Crippen MR) is 292 cm³/mol. The molecule has 0 aromatic heterocycles. The maximum Gasteiger partial charge on any atom is 0.246 e. The van der Waals surface area contributed by atoms with Gasteiger partial charge in [-0.15, -0.1) is 0 Å². The summed E-state index contributed by atoms with van der Waals surface area (Å²) in [5.41, 5.74) is 38.7. The van der Waals surface area contributed by atoms with E-state index in [9.17, 15) is 43.2 Å². The molecule has 77 heavy (non-hydrogen) atoms. The van der Waals surface area contributed by atoms with Gasteiger partial charge in [0.05, 0.1) is 6.04 Å². The zero-order chi connectivity index (χ0) is 58.1. The van der Waals surface area contributed by atoms with Crippen molar-refractivity contribution >= 4 is 71.0 Å². The van der Waals surface area contributed by atoms with E-state index in [1.807, 2.05) is 27.7 Å². The molecule has 2 aliphatic heterocycles. The number of likely N-dealkylation sites (N-methyl/N-ethyl adjacent to an activating group) is 1. The number of nitrogens with one attached hydrogen (secondary N) is 7. The molecule has 10 atom stereocenters. The standard InChI is InChI=1S/C49H91N19O9/c1-9-28(6)37(57-8)44(75)63-30(15-10-20-58-47(51)52)40(71)62-31(16-11-21-59-48(53)54)41(72)66-36(27(4)5)43(74)61-29(7)39(70)64-32(17-12-22-60-49(55)56)45(76)68-24-14-19-35(68)46(77)67-23-13-18-34(67)42(73)65-33(38(50)69)25-26(2)3/h26-37,57H,9-25H2,1-8H3,(H2,50,69)(H,61,74)(H,62,71)(H,63,75)(H,64,70)(H,65,73)(H,66,72)(H4,51,52,58)(H4,53,54,59)(H4,55,56,60)/t28?,29-,30-,31-,32-,33-,34?,35?,36-,37-/m0/s1. The van der Waals surface area contributed by atoms with Crippen LogP contribution in [0.1, 0.15) is 126 Å². The number of carbonyl (C=O) groups excluding carboxylic acids is 9. The topological polar surface area (TPSA) is 464 Å². The van der Waals surface area contributed by atoms with E-state index in [4.69, 9.17) is 40.1 Å². The minimum Gasteiger partial charge on any atom is -0.370 e. The van der Waals surface area contributed by atoms with E-state index in [1.165, 1.54) is 16.7 Å². The molecular formula is C49H91N19O9. The van der Waals surface area contributed by atoms with Gasteiger partial charge in [-0.1, -0.05) is 48.0 Å².